The van der Waals surface area contributed by atoms with Gasteiger partial charge in [-0.05, 0) is 38.5 Å². The number of aliphatic hydroxyl groups excluding tert-OH is 1. The molecule has 3 aromatic heterocycles. The molecule has 0 amide bonds. The van der Waals surface area contributed by atoms with Gasteiger partial charge in [0.2, 0.25) is 5.95 Å². The Balaban J connectivity index is 2.17. The molecule has 1 unspecified atom stereocenters. The van der Waals surface area contributed by atoms with Crippen molar-refractivity contribution in [2.24, 2.45) is 0 Å². The highest BCUT2D eigenvalue weighted by atomic mass is 16.5. The number of aliphatic hydroxyl groups is 1. The standard InChI is InChI=1S/C19H27N7O2/c1-6-28-10-9-26-17-16(15(24-26)13(3)27)22-19(25(4)5)23-18(17)21-14-11-12(2)7-8-20-14/h7-8,11,13,27H,6,9-10H2,1-5H3,(H,20,21,22,23). The van der Waals surface area contributed by atoms with E-state index in [-0.39, 0.29) is 0 Å². The monoisotopic (exact) mass is 385 g/mol. The second kappa shape index (κ2) is 8.49. The van der Waals surface area contributed by atoms with Gasteiger partial charge in [-0.25, -0.2) is 9.97 Å². The van der Waals surface area contributed by atoms with Crippen LogP contribution < -0.4 is 10.2 Å². The normalized spacial score (nSPS) is 12.4. The number of anilines is 3. The summed E-state index contributed by atoms with van der Waals surface area (Å²) < 4.78 is 7.27. The van der Waals surface area contributed by atoms with Crippen molar-refractivity contribution < 1.29 is 9.84 Å². The lowest BCUT2D eigenvalue weighted by Crippen LogP contribution is -2.15. The maximum atomic E-state index is 10.2. The average Bonchev–Trinajstić information content (AvgIpc) is 3.01. The van der Waals surface area contributed by atoms with Gasteiger partial charge >= 0.3 is 0 Å². The Morgan fingerprint density at radius 1 is 1.32 bits per heavy atom. The fraction of sp³-hybridized carbons (Fsp3) is 0.474. The molecule has 150 valence electrons. The first kappa shape index (κ1) is 20.0. The molecular weight excluding hydrogens is 358 g/mol. The van der Waals surface area contributed by atoms with Crippen LogP contribution in [0.25, 0.3) is 11.0 Å². The summed E-state index contributed by atoms with van der Waals surface area (Å²) in [5.41, 5.74) is 2.92. The van der Waals surface area contributed by atoms with E-state index >= 15 is 0 Å². The molecule has 1 atom stereocenters. The van der Waals surface area contributed by atoms with Crippen LogP contribution in [0.3, 0.4) is 0 Å². The molecular formula is C19H27N7O2. The van der Waals surface area contributed by atoms with E-state index in [4.69, 9.17) is 4.74 Å². The zero-order valence-electron chi connectivity index (χ0n) is 17.0. The zero-order chi connectivity index (χ0) is 20.3. The minimum atomic E-state index is -0.759. The molecule has 0 radical (unpaired) electrons. The third-order valence-corrected chi connectivity index (χ3v) is 4.21. The van der Waals surface area contributed by atoms with Crippen molar-refractivity contribution in [3.8, 4) is 0 Å². The van der Waals surface area contributed by atoms with Crippen molar-refractivity contribution in [1.29, 1.82) is 0 Å². The van der Waals surface area contributed by atoms with Crippen LogP contribution in [0.5, 0.6) is 0 Å². The highest BCUT2D eigenvalue weighted by Crippen LogP contribution is 2.30. The van der Waals surface area contributed by atoms with Gasteiger partial charge in [-0.15, -0.1) is 0 Å². The summed E-state index contributed by atoms with van der Waals surface area (Å²) in [5.74, 6) is 1.79. The fourth-order valence-electron chi connectivity index (χ4n) is 2.85. The van der Waals surface area contributed by atoms with Gasteiger partial charge < -0.3 is 20.1 Å². The minimum absolute atomic E-state index is 0.504. The minimum Gasteiger partial charge on any atom is -0.387 e. The molecule has 28 heavy (non-hydrogen) atoms. The first-order valence-corrected chi connectivity index (χ1v) is 9.32. The van der Waals surface area contributed by atoms with Gasteiger partial charge in [0.05, 0.1) is 19.3 Å². The average molecular weight is 385 g/mol. The second-order valence-corrected chi connectivity index (χ2v) is 6.79. The van der Waals surface area contributed by atoms with Crippen LogP contribution in [0.1, 0.15) is 31.2 Å². The lowest BCUT2D eigenvalue weighted by atomic mass is 10.2. The lowest BCUT2D eigenvalue weighted by molar-refractivity contribution is 0.136. The summed E-state index contributed by atoms with van der Waals surface area (Å²) in [4.78, 5) is 15.5. The molecule has 0 saturated carbocycles. The lowest BCUT2D eigenvalue weighted by Gasteiger charge is -2.14. The van der Waals surface area contributed by atoms with Crippen LogP contribution in [0.2, 0.25) is 0 Å². The Labute approximate surface area is 164 Å². The highest BCUT2D eigenvalue weighted by molar-refractivity contribution is 5.90. The third-order valence-electron chi connectivity index (χ3n) is 4.21. The molecule has 3 aromatic rings. The first-order valence-electron chi connectivity index (χ1n) is 9.32. The van der Waals surface area contributed by atoms with Gasteiger partial charge in [0.1, 0.15) is 22.5 Å². The highest BCUT2D eigenvalue weighted by Gasteiger charge is 2.22. The van der Waals surface area contributed by atoms with Crippen LogP contribution in [-0.2, 0) is 11.3 Å². The summed E-state index contributed by atoms with van der Waals surface area (Å²) in [6.45, 7) is 7.29. The number of hydrogen-bond acceptors (Lipinski definition) is 8. The Morgan fingerprint density at radius 2 is 2.11 bits per heavy atom. The summed E-state index contributed by atoms with van der Waals surface area (Å²) >= 11 is 0. The molecule has 3 heterocycles. The molecule has 9 nitrogen and oxygen atoms in total. The maximum absolute atomic E-state index is 10.2. The molecule has 9 heteroatoms. The molecule has 0 saturated heterocycles. The number of ether oxygens (including phenoxy) is 1. The predicted octanol–water partition coefficient (Wildman–Crippen LogP) is 2.43. The summed E-state index contributed by atoms with van der Waals surface area (Å²) in [7, 11) is 3.74. The fourth-order valence-corrected chi connectivity index (χ4v) is 2.85. The van der Waals surface area contributed by atoms with Gasteiger partial charge in [0, 0.05) is 26.9 Å². The largest absolute Gasteiger partial charge is 0.387 e. The van der Waals surface area contributed by atoms with Gasteiger partial charge in [-0.3, -0.25) is 4.68 Å². The van der Waals surface area contributed by atoms with Crippen molar-refractivity contribution >= 4 is 28.6 Å². The van der Waals surface area contributed by atoms with Crippen molar-refractivity contribution in [2.45, 2.75) is 33.4 Å². The van der Waals surface area contributed by atoms with Crippen LogP contribution >= 0.6 is 0 Å². The number of fused-ring (bicyclic) bond motifs is 1. The van der Waals surface area contributed by atoms with Crippen molar-refractivity contribution in [3.63, 3.8) is 0 Å². The van der Waals surface area contributed by atoms with Gasteiger partial charge in [0.15, 0.2) is 5.82 Å². The quantitative estimate of drug-likeness (QED) is 0.570. The van der Waals surface area contributed by atoms with Crippen molar-refractivity contribution in [3.05, 3.63) is 29.6 Å². The van der Waals surface area contributed by atoms with Gasteiger partial charge in [0.25, 0.3) is 0 Å². The predicted molar refractivity (Wildman–Crippen MR) is 109 cm³/mol. The number of nitrogens with one attached hydrogen (secondary N) is 1. The number of nitrogens with zero attached hydrogens (tertiary/aromatic N) is 6. The van der Waals surface area contributed by atoms with E-state index in [1.165, 1.54) is 0 Å². The SMILES string of the molecule is CCOCCn1nc(C(C)O)c2nc(N(C)C)nc(Nc3cc(C)ccn3)c21. The van der Waals surface area contributed by atoms with E-state index in [0.29, 0.717) is 54.1 Å². The Morgan fingerprint density at radius 3 is 2.75 bits per heavy atom. The van der Waals surface area contributed by atoms with Crippen LogP contribution in [0, 0.1) is 6.92 Å². The Kier molecular flexibility index (Phi) is 6.05. The van der Waals surface area contributed by atoms with E-state index < -0.39 is 6.10 Å². The van der Waals surface area contributed by atoms with Crippen molar-refractivity contribution in [1.82, 2.24) is 24.7 Å². The number of pyridine rings is 1. The molecule has 0 aliphatic rings. The summed E-state index contributed by atoms with van der Waals surface area (Å²) in [6.07, 6.45) is 0.988. The number of rotatable bonds is 8. The van der Waals surface area contributed by atoms with Crippen LogP contribution in [-0.4, -0.2) is 57.1 Å². The van der Waals surface area contributed by atoms with E-state index in [1.807, 2.05) is 45.0 Å². The first-order chi connectivity index (χ1) is 13.4. The molecule has 2 N–H and O–H groups in total. The van der Waals surface area contributed by atoms with Crippen LogP contribution in [0.4, 0.5) is 17.6 Å². The molecule has 0 bridgehead atoms. The molecule has 0 spiro atoms. The van der Waals surface area contributed by atoms with Gasteiger partial charge in [-0.2, -0.15) is 10.1 Å². The van der Waals surface area contributed by atoms with E-state index in [1.54, 1.807) is 17.8 Å². The smallest absolute Gasteiger partial charge is 0.227 e. The van der Waals surface area contributed by atoms with E-state index in [0.717, 1.165) is 5.56 Å². The summed E-state index contributed by atoms with van der Waals surface area (Å²) in [6, 6.07) is 3.88. The zero-order valence-corrected chi connectivity index (χ0v) is 17.0. The van der Waals surface area contributed by atoms with E-state index in [2.05, 4.69) is 25.4 Å². The number of aryl methyl sites for hydroxylation is 1. The topological polar surface area (TPSA) is 101 Å². The van der Waals surface area contributed by atoms with Crippen LogP contribution in [0.15, 0.2) is 18.3 Å². The van der Waals surface area contributed by atoms with Crippen molar-refractivity contribution in [2.75, 3.05) is 37.5 Å². The second-order valence-electron chi connectivity index (χ2n) is 6.79. The number of hydrogen-bond donors (Lipinski definition) is 2. The molecule has 0 aromatic carbocycles. The van der Waals surface area contributed by atoms with E-state index in [9.17, 15) is 5.11 Å². The Bertz CT molecular complexity index is 953. The molecule has 0 fully saturated rings. The molecule has 0 aliphatic carbocycles. The third kappa shape index (κ3) is 4.20. The summed E-state index contributed by atoms with van der Waals surface area (Å²) in [5, 5.41) is 18.1. The molecule has 3 rings (SSSR count). The number of aromatic nitrogens is 5. The van der Waals surface area contributed by atoms with Gasteiger partial charge in [-0.1, -0.05) is 0 Å². The Hall–Kier alpha value is -2.78. The maximum Gasteiger partial charge on any atom is 0.227 e. The molecule has 0 aliphatic heterocycles.